The van der Waals surface area contributed by atoms with Crippen molar-refractivity contribution in [1.82, 2.24) is 0 Å². The molecule has 4 nitrogen and oxygen atoms in total. The molecule has 1 aromatic rings. The average molecular weight is 303 g/mol. The van der Waals surface area contributed by atoms with Gasteiger partial charge in [-0.05, 0) is 30.5 Å². The number of benzene rings is 1. The maximum atomic E-state index is 12.6. The number of hydrogen-bond acceptors (Lipinski definition) is 2. The molecule has 0 atom stereocenters. The number of amides is 1. The van der Waals surface area contributed by atoms with E-state index >= 15 is 0 Å². The molecule has 0 heterocycles. The molecule has 0 saturated heterocycles. The first kappa shape index (κ1) is 17.0. The highest BCUT2D eigenvalue weighted by Gasteiger charge is 2.31. The molecule has 0 bridgehead atoms. The van der Waals surface area contributed by atoms with Crippen molar-refractivity contribution in [1.29, 1.82) is 0 Å². The lowest BCUT2D eigenvalue weighted by Gasteiger charge is -2.13. The van der Waals surface area contributed by atoms with Gasteiger partial charge in [0.15, 0.2) is 0 Å². The number of carboxylic acids is 1. The van der Waals surface area contributed by atoms with Gasteiger partial charge in [-0.3, -0.25) is 4.79 Å². The fourth-order valence-electron chi connectivity index (χ4n) is 1.64. The van der Waals surface area contributed by atoms with Crippen LogP contribution in [0, 0.1) is 5.92 Å². The van der Waals surface area contributed by atoms with Crippen LogP contribution in [0.25, 0.3) is 0 Å². The summed E-state index contributed by atoms with van der Waals surface area (Å²) in [5.74, 6) is -1.65. The Balaban J connectivity index is 3.01. The van der Waals surface area contributed by atoms with Crippen molar-refractivity contribution in [3.63, 3.8) is 0 Å². The van der Waals surface area contributed by atoms with Crippen LogP contribution in [0.1, 0.15) is 42.6 Å². The Hall–Kier alpha value is -2.05. The minimum absolute atomic E-state index is 0.118. The molecule has 0 aliphatic heterocycles. The maximum absolute atomic E-state index is 12.6. The summed E-state index contributed by atoms with van der Waals surface area (Å²) in [4.78, 5) is 22.7. The second kappa shape index (κ2) is 6.60. The van der Waals surface area contributed by atoms with Crippen LogP contribution in [-0.2, 0) is 11.0 Å². The van der Waals surface area contributed by atoms with E-state index < -0.39 is 23.6 Å². The van der Waals surface area contributed by atoms with Crippen LogP contribution < -0.4 is 5.32 Å². The molecular formula is C14H16F3NO3. The number of rotatable bonds is 5. The molecule has 2 N–H and O–H groups in total. The summed E-state index contributed by atoms with van der Waals surface area (Å²) in [6.45, 7) is 3.81. The van der Waals surface area contributed by atoms with Crippen LogP contribution in [0.4, 0.5) is 18.9 Å². The molecule has 0 unspecified atom stereocenters. The number of carbonyl (C=O) groups is 2. The van der Waals surface area contributed by atoms with Gasteiger partial charge < -0.3 is 10.4 Å². The zero-order valence-electron chi connectivity index (χ0n) is 11.6. The number of alkyl halides is 3. The van der Waals surface area contributed by atoms with Gasteiger partial charge in [0.05, 0.1) is 16.8 Å². The highest BCUT2D eigenvalue weighted by molar-refractivity contribution is 6.00. The topological polar surface area (TPSA) is 66.4 Å². The molecule has 21 heavy (non-hydrogen) atoms. The molecule has 0 aromatic heterocycles. The van der Waals surface area contributed by atoms with Crippen LogP contribution in [0.15, 0.2) is 18.2 Å². The first-order chi connectivity index (χ1) is 9.61. The molecular weight excluding hydrogens is 287 g/mol. The van der Waals surface area contributed by atoms with Crippen molar-refractivity contribution in [2.45, 2.75) is 32.9 Å². The van der Waals surface area contributed by atoms with Gasteiger partial charge in [-0.2, -0.15) is 13.2 Å². The van der Waals surface area contributed by atoms with Gasteiger partial charge in [0.25, 0.3) is 0 Å². The first-order valence-corrected chi connectivity index (χ1v) is 6.35. The van der Waals surface area contributed by atoms with Crippen molar-refractivity contribution >= 4 is 17.6 Å². The van der Waals surface area contributed by atoms with E-state index in [4.69, 9.17) is 5.11 Å². The number of carbonyl (C=O) groups excluding carboxylic acids is 1. The van der Waals surface area contributed by atoms with Gasteiger partial charge in [-0.15, -0.1) is 0 Å². The molecule has 1 aromatic carbocycles. The van der Waals surface area contributed by atoms with E-state index in [9.17, 15) is 22.8 Å². The predicted octanol–water partition coefficient (Wildman–Crippen LogP) is 3.78. The standard InChI is InChI=1S/C14H16F3NO3/c1-8(2)3-6-12(19)18-11-7-9(14(15,16)17)4-5-10(11)13(20)21/h4-5,7-8H,3,6H2,1-2H3,(H,18,19)(H,20,21). The molecule has 1 rings (SSSR count). The zero-order valence-corrected chi connectivity index (χ0v) is 11.6. The lowest BCUT2D eigenvalue weighted by atomic mass is 10.1. The molecule has 0 saturated carbocycles. The third-order valence-electron chi connectivity index (χ3n) is 2.80. The van der Waals surface area contributed by atoms with Crippen molar-refractivity contribution in [2.75, 3.05) is 5.32 Å². The minimum atomic E-state index is -4.60. The fourth-order valence-corrected chi connectivity index (χ4v) is 1.64. The normalized spacial score (nSPS) is 11.5. The minimum Gasteiger partial charge on any atom is -0.478 e. The van der Waals surface area contributed by atoms with E-state index in [1.54, 1.807) is 0 Å². The monoisotopic (exact) mass is 303 g/mol. The van der Waals surface area contributed by atoms with Gasteiger partial charge in [0.1, 0.15) is 0 Å². The summed E-state index contributed by atoms with van der Waals surface area (Å²) < 4.78 is 37.9. The molecule has 116 valence electrons. The molecule has 0 fully saturated rings. The van der Waals surface area contributed by atoms with E-state index in [0.717, 1.165) is 6.07 Å². The zero-order chi connectivity index (χ0) is 16.2. The summed E-state index contributed by atoms with van der Waals surface area (Å²) in [6.07, 6.45) is -3.92. The van der Waals surface area contributed by atoms with Gasteiger partial charge >= 0.3 is 12.1 Å². The number of anilines is 1. The van der Waals surface area contributed by atoms with Crippen LogP contribution >= 0.6 is 0 Å². The van der Waals surface area contributed by atoms with Crippen LogP contribution in [-0.4, -0.2) is 17.0 Å². The number of nitrogens with one attached hydrogen (secondary N) is 1. The number of hydrogen-bond donors (Lipinski definition) is 2. The van der Waals surface area contributed by atoms with Crippen molar-refractivity contribution in [3.05, 3.63) is 29.3 Å². The van der Waals surface area contributed by atoms with E-state index in [1.165, 1.54) is 0 Å². The third kappa shape index (κ3) is 5.09. The lowest BCUT2D eigenvalue weighted by Crippen LogP contribution is -2.16. The smallest absolute Gasteiger partial charge is 0.416 e. The summed E-state index contributed by atoms with van der Waals surface area (Å²) >= 11 is 0. The number of halogens is 3. The Kier molecular flexibility index (Phi) is 5.34. The molecule has 0 spiro atoms. The van der Waals surface area contributed by atoms with E-state index in [0.29, 0.717) is 18.6 Å². The summed E-state index contributed by atoms with van der Waals surface area (Å²) in [7, 11) is 0. The van der Waals surface area contributed by atoms with E-state index in [2.05, 4.69) is 5.32 Å². The van der Waals surface area contributed by atoms with Crippen molar-refractivity contribution in [2.24, 2.45) is 5.92 Å². The van der Waals surface area contributed by atoms with E-state index in [1.807, 2.05) is 13.8 Å². The van der Waals surface area contributed by atoms with Gasteiger partial charge in [0, 0.05) is 6.42 Å². The first-order valence-electron chi connectivity index (χ1n) is 6.35. The Morgan fingerprint density at radius 1 is 1.29 bits per heavy atom. The Morgan fingerprint density at radius 2 is 1.90 bits per heavy atom. The Labute approximate surface area is 120 Å². The highest BCUT2D eigenvalue weighted by atomic mass is 19.4. The Bertz CT molecular complexity index is 539. The van der Waals surface area contributed by atoms with Gasteiger partial charge in [-0.25, -0.2) is 4.79 Å². The highest BCUT2D eigenvalue weighted by Crippen LogP contribution is 2.32. The fraction of sp³-hybridized carbons (Fsp3) is 0.429. The average Bonchev–Trinajstić information content (AvgIpc) is 2.34. The second-order valence-electron chi connectivity index (χ2n) is 5.04. The molecule has 1 amide bonds. The van der Waals surface area contributed by atoms with E-state index in [-0.39, 0.29) is 23.6 Å². The lowest BCUT2D eigenvalue weighted by molar-refractivity contribution is -0.137. The van der Waals surface area contributed by atoms with Crippen LogP contribution in [0.2, 0.25) is 0 Å². The second-order valence-corrected chi connectivity index (χ2v) is 5.04. The van der Waals surface area contributed by atoms with Crippen LogP contribution in [0.5, 0.6) is 0 Å². The van der Waals surface area contributed by atoms with Crippen molar-refractivity contribution in [3.8, 4) is 0 Å². The van der Waals surface area contributed by atoms with Crippen LogP contribution in [0.3, 0.4) is 0 Å². The number of carboxylic acid groups (broad SMARTS) is 1. The maximum Gasteiger partial charge on any atom is 0.416 e. The quantitative estimate of drug-likeness (QED) is 0.870. The molecule has 0 aliphatic carbocycles. The largest absolute Gasteiger partial charge is 0.478 e. The number of aromatic carboxylic acids is 1. The SMILES string of the molecule is CC(C)CCC(=O)Nc1cc(C(F)(F)F)ccc1C(=O)O. The van der Waals surface area contributed by atoms with Gasteiger partial charge in [-0.1, -0.05) is 13.8 Å². The molecule has 7 heteroatoms. The summed E-state index contributed by atoms with van der Waals surface area (Å²) in [5, 5.41) is 11.2. The van der Waals surface area contributed by atoms with Crippen molar-refractivity contribution < 1.29 is 27.9 Å². The Morgan fingerprint density at radius 3 is 2.38 bits per heavy atom. The summed E-state index contributed by atoms with van der Waals surface area (Å²) in [5.41, 5.74) is -1.72. The van der Waals surface area contributed by atoms with Gasteiger partial charge in [0.2, 0.25) is 5.91 Å². The predicted molar refractivity (Wildman–Crippen MR) is 71.1 cm³/mol. The third-order valence-corrected chi connectivity index (χ3v) is 2.80. The summed E-state index contributed by atoms with van der Waals surface area (Å²) in [6, 6.07) is 2.15. The molecule has 0 aliphatic rings. The molecule has 0 radical (unpaired) electrons.